The van der Waals surface area contributed by atoms with E-state index in [1.54, 1.807) is 17.4 Å². The highest BCUT2D eigenvalue weighted by Crippen LogP contribution is 2.28. The van der Waals surface area contributed by atoms with E-state index < -0.39 is 0 Å². The molecule has 1 unspecified atom stereocenters. The molecular weight excluding hydrogens is 398 g/mol. The third-order valence-corrected chi connectivity index (χ3v) is 5.40. The molecule has 108 valence electrons. The molecule has 1 heterocycles. The van der Waals surface area contributed by atoms with Gasteiger partial charge in [0, 0.05) is 16.0 Å². The van der Waals surface area contributed by atoms with E-state index in [0.29, 0.717) is 0 Å². The van der Waals surface area contributed by atoms with Gasteiger partial charge in [0.2, 0.25) is 0 Å². The smallest absolute Gasteiger partial charge is 0.124 e. The number of para-hydroxylation sites is 1. The standard InChI is InChI=1S/C16H14FIN2S/c1-19-14(11-7-6-10(17)8-12(11)18)9-16-20-13-4-2-3-5-15(13)21-16/h2-8,14,19H,9H2,1H3. The van der Waals surface area contributed by atoms with E-state index >= 15 is 0 Å². The number of hydrogen-bond donors (Lipinski definition) is 1. The van der Waals surface area contributed by atoms with Crippen molar-refractivity contribution in [2.45, 2.75) is 12.5 Å². The lowest BCUT2D eigenvalue weighted by Crippen LogP contribution is -2.19. The molecule has 0 amide bonds. The van der Waals surface area contributed by atoms with Crippen LogP contribution in [0.1, 0.15) is 16.6 Å². The summed E-state index contributed by atoms with van der Waals surface area (Å²) in [7, 11) is 1.93. The number of fused-ring (bicyclic) bond motifs is 1. The number of halogens is 2. The number of likely N-dealkylation sites (N-methyl/N-ethyl adjacent to an activating group) is 1. The van der Waals surface area contributed by atoms with Crippen LogP contribution < -0.4 is 5.32 Å². The quantitative estimate of drug-likeness (QED) is 0.637. The van der Waals surface area contributed by atoms with Gasteiger partial charge in [-0.15, -0.1) is 11.3 Å². The molecule has 21 heavy (non-hydrogen) atoms. The van der Waals surface area contributed by atoms with E-state index in [2.05, 4.69) is 39.0 Å². The Balaban J connectivity index is 1.90. The van der Waals surface area contributed by atoms with Crippen molar-refractivity contribution in [1.29, 1.82) is 0 Å². The largest absolute Gasteiger partial charge is 0.313 e. The minimum Gasteiger partial charge on any atom is -0.313 e. The molecule has 1 N–H and O–H groups in total. The van der Waals surface area contributed by atoms with Crippen LogP contribution in [-0.4, -0.2) is 12.0 Å². The van der Waals surface area contributed by atoms with E-state index in [-0.39, 0.29) is 11.9 Å². The van der Waals surface area contributed by atoms with Crippen molar-refractivity contribution in [2.24, 2.45) is 0 Å². The molecule has 5 heteroatoms. The predicted octanol–water partition coefficient (Wildman–Crippen LogP) is 4.54. The minimum atomic E-state index is -0.196. The average Bonchev–Trinajstić information content (AvgIpc) is 2.87. The van der Waals surface area contributed by atoms with Crippen molar-refractivity contribution in [3.63, 3.8) is 0 Å². The molecule has 0 fully saturated rings. The highest BCUT2D eigenvalue weighted by molar-refractivity contribution is 14.1. The number of nitrogens with zero attached hydrogens (tertiary/aromatic N) is 1. The zero-order valence-corrected chi connectivity index (χ0v) is 14.4. The fraction of sp³-hybridized carbons (Fsp3) is 0.188. The summed E-state index contributed by atoms with van der Waals surface area (Å²) >= 11 is 3.90. The van der Waals surface area contributed by atoms with Gasteiger partial charge in [-0.1, -0.05) is 18.2 Å². The molecule has 0 bridgehead atoms. The van der Waals surface area contributed by atoms with Crippen molar-refractivity contribution in [2.75, 3.05) is 7.05 Å². The van der Waals surface area contributed by atoms with Crippen molar-refractivity contribution in [1.82, 2.24) is 10.3 Å². The highest BCUT2D eigenvalue weighted by atomic mass is 127. The van der Waals surface area contributed by atoms with E-state index in [1.807, 2.05) is 31.3 Å². The molecule has 0 radical (unpaired) electrons. The minimum absolute atomic E-state index is 0.137. The summed E-state index contributed by atoms with van der Waals surface area (Å²) in [6, 6.07) is 13.2. The molecule has 2 nitrogen and oxygen atoms in total. The zero-order chi connectivity index (χ0) is 14.8. The van der Waals surface area contributed by atoms with Crippen LogP contribution in [0.4, 0.5) is 4.39 Å². The van der Waals surface area contributed by atoms with Gasteiger partial charge in [0.1, 0.15) is 5.82 Å². The molecule has 0 aliphatic carbocycles. The van der Waals surface area contributed by atoms with Gasteiger partial charge in [0.05, 0.1) is 15.2 Å². The molecule has 1 atom stereocenters. The lowest BCUT2D eigenvalue weighted by Gasteiger charge is -2.17. The van der Waals surface area contributed by atoms with Crippen LogP contribution in [0.25, 0.3) is 10.2 Å². The number of hydrogen-bond acceptors (Lipinski definition) is 3. The Morgan fingerprint density at radius 3 is 2.81 bits per heavy atom. The van der Waals surface area contributed by atoms with Gasteiger partial charge >= 0.3 is 0 Å². The lowest BCUT2D eigenvalue weighted by molar-refractivity contribution is 0.581. The summed E-state index contributed by atoms with van der Waals surface area (Å²) in [6.45, 7) is 0. The average molecular weight is 412 g/mol. The molecular formula is C16H14FIN2S. The van der Waals surface area contributed by atoms with Crippen LogP contribution in [0.5, 0.6) is 0 Å². The second-order valence-corrected chi connectivity index (χ2v) is 7.06. The maximum atomic E-state index is 13.2. The summed E-state index contributed by atoms with van der Waals surface area (Å²) in [5, 5.41) is 4.40. The second kappa shape index (κ2) is 6.37. The molecule has 3 rings (SSSR count). The van der Waals surface area contributed by atoms with Gasteiger partial charge in [0.25, 0.3) is 0 Å². The van der Waals surface area contributed by atoms with E-state index in [9.17, 15) is 4.39 Å². The third-order valence-electron chi connectivity index (χ3n) is 3.40. The van der Waals surface area contributed by atoms with Crippen molar-refractivity contribution in [3.05, 3.63) is 62.4 Å². The lowest BCUT2D eigenvalue weighted by atomic mass is 10.0. The van der Waals surface area contributed by atoms with Crippen LogP contribution >= 0.6 is 33.9 Å². The summed E-state index contributed by atoms with van der Waals surface area (Å²) in [6.07, 6.45) is 0.803. The van der Waals surface area contributed by atoms with Crippen molar-refractivity contribution < 1.29 is 4.39 Å². The van der Waals surface area contributed by atoms with Crippen LogP contribution in [0.15, 0.2) is 42.5 Å². The zero-order valence-electron chi connectivity index (χ0n) is 11.4. The fourth-order valence-electron chi connectivity index (χ4n) is 2.33. The first-order valence-corrected chi connectivity index (χ1v) is 8.53. The fourth-order valence-corrected chi connectivity index (χ4v) is 4.20. The van der Waals surface area contributed by atoms with Gasteiger partial charge in [-0.3, -0.25) is 0 Å². The van der Waals surface area contributed by atoms with Crippen LogP contribution in [0.2, 0.25) is 0 Å². The number of benzene rings is 2. The molecule has 0 aliphatic rings. The Morgan fingerprint density at radius 1 is 1.29 bits per heavy atom. The first kappa shape index (κ1) is 14.9. The van der Waals surface area contributed by atoms with Crippen LogP contribution in [-0.2, 0) is 6.42 Å². The Hall–Kier alpha value is -1.05. The summed E-state index contributed by atoms with van der Waals surface area (Å²) < 4.78 is 15.4. The maximum Gasteiger partial charge on any atom is 0.124 e. The number of nitrogens with one attached hydrogen (secondary N) is 1. The third kappa shape index (κ3) is 3.25. The molecule has 3 aromatic rings. The van der Waals surface area contributed by atoms with E-state index in [1.165, 1.54) is 10.8 Å². The Bertz CT molecular complexity index is 739. The SMILES string of the molecule is CNC(Cc1nc2ccccc2s1)c1ccc(F)cc1I. The summed E-state index contributed by atoms with van der Waals surface area (Å²) in [5.41, 5.74) is 2.15. The van der Waals surface area contributed by atoms with Gasteiger partial charge < -0.3 is 5.32 Å². The van der Waals surface area contributed by atoms with Gasteiger partial charge in [0.15, 0.2) is 0 Å². The monoisotopic (exact) mass is 412 g/mol. The molecule has 2 aromatic carbocycles. The number of aromatic nitrogens is 1. The predicted molar refractivity (Wildman–Crippen MR) is 94.2 cm³/mol. The van der Waals surface area contributed by atoms with Crippen LogP contribution in [0.3, 0.4) is 0 Å². The molecule has 0 saturated heterocycles. The number of rotatable bonds is 4. The Labute approximate surface area is 140 Å². The first-order chi connectivity index (χ1) is 10.2. The first-order valence-electron chi connectivity index (χ1n) is 6.64. The van der Waals surface area contributed by atoms with Crippen molar-refractivity contribution >= 4 is 44.1 Å². The maximum absolute atomic E-state index is 13.2. The van der Waals surface area contributed by atoms with Crippen LogP contribution in [0, 0.1) is 9.39 Å². The highest BCUT2D eigenvalue weighted by Gasteiger charge is 2.16. The second-order valence-electron chi connectivity index (χ2n) is 4.79. The van der Waals surface area contributed by atoms with Gasteiger partial charge in [-0.2, -0.15) is 0 Å². The number of thiazole rings is 1. The molecule has 0 aliphatic heterocycles. The molecule has 0 saturated carbocycles. The normalized spacial score (nSPS) is 12.7. The topological polar surface area (TPSA) is 24.9 Å². The Kier molecular flexibility index (Phi) is 4.51. The summed E-state index contributed by atoms with van der Waals surface area (Å²) in [4.78, 5) is 4.68. The van der Waals surface area contributed by atoms with Gasteiger partial charge in [-0.05, 0) is 59.5 Å². The van der Waals surface area contributed by atoms with Crippen molar-refractivity contribution in [3.8, 4) is 0 Å². The summed E-state index contributed by atoms with van der Waals surface area (Å²) in [5.74, 6) is -0.196. The van der Waals surface area contributed by atoms with E-state index in [4.69, 9.17) is 0 Å². The molecule has 0 spiro atoms. The molecule has 1 aromatic heterocycles. The Morgan fingerprint density at radius 2 is 2.10 bits per heavy atom. The van der Waals surface area contributed by atoms with E-state index in [0.717, 1.165) is 26.1 Å². The van der Waals surface area contributed by atoms with Gasteiger partial charge in [-0.25, -0.2) is 9.37 Å².